The Morgan fingerprint density at radius 1 is 0.789 bits per heavy atom. The van der Waals surface area contributed by atoms with Gasteiger partial charge in [-0.1, -0.05) is 50.2 Å². The van der Waals surface area contributed by atoms with Crippen LogP contribution in [0.15, 0.2) is 60.7 Å². The summed E-state index contributed by atoms with van der Waals surface area (Å²) in [5, 5.41) is 0. The first-order valence-electron chi connectivity index (χ1n) is 6.65. The van der Waals surface area contributed by atoms with Gasteiger partial charge in [-0.15, -0.1) is 0 Å². The highest BCUT2D eigenvalue weighted by Gasteiger charge is 2.16. The van der Waals surface area contributed by atoms with Crippen molar-refractivity contribution < 1.29 is 9.47 Å². The molecule has 2 nitrogen and oxygen atoms in total. The van der Waals surface area contributed by atoms with Crippen LogP contribution in [0.4, 0.5) is 0 Å². The maximum atomic E-state index is 5.97. The number of hydrogen-bond donors (Lipinski definition) is 0. The summed E-state index contributed by atoms with van der Waals surface area (Å²) in [4.78, 5) is 0. The van der Waals surface area contributed by atoms with Crippen LogP contribution in [-0.4, -0.2) is 12.7 Å². The molecule has 0 bridgehead atoms. The molecule has 1 atom stereocenters. The van der Waals surface area contributed by atoms with Gasteiger partial charge in [0, 0.05) is 0 Å². The van der Waals surface area contributed by atoms with Gasteiger partial charge in [-0.3, -0.25) is 0 Å². The zero-order valence-electron chi connectivity index (χ0n) is 11.5. The molecule has 0 unspecified atom stereocenters. The van der Waals surface area contributed by atoms with E-state index in [9.17, 15) is 0 Å². The minimum atomic E-state index is 0.0441. The maximum absolute atomic E-state index is 5.97. The molecule has 0 fully saturated rings. The maximum Gasteiger partial charge on any atom is 0.135 e. The third-order valence-electron chi connectivity index (χ3n) is 2.93. The first-order valence-corrected chi connectivity index (χ1v) is 6.65. The van der Waals surface area contributed by atoms with Crippen molar-refractivity contribution in [1.29, 1.82) is 0 Å². The molecule has 2 aromatic rings. The van der Waals surface area contributed by atoms with Gasteiger partial charge in [0.15, 0.2) is 0 Å². The fourth-order valence-electron chi connectivity index (χ4n) is 1.73. The fourth-order valence-corrected chi connectivity index (χ4v) is 1.73. The Labute approximate surface area is 115 Å². The molecule has 0 N–H and O–H groups in total. The number of benzene rings is 2. The molecule has 0 radical (unpaired) electrons. The number of hydrogen-bond acceptors (Lipinski definition) is 2. The number of para-hydroxylation sites is 2. The SMILES string of the molecule is CC(C)[C@@H](COc1ccccc1)Oc1ccccc1. The van der Waals surface area contributed by atoms with Gasteiger partial charge in [0.1, 0.15) is 24.2 Å². The van der Waals surface area contributed by atoms with Crippen molar-refractivity contribution in [2.75, 3.05) is 6.61 Å². The van der Waals surface area contributed by atoms with Crippen molar-refractivity contribution in [1.82, 2.24) is 0 Å². The lowest BCUT2D eigenvalue weighted by Gasteiger charge is -2.22. The van der Waals surface area contributed by atoms with Crippen molar-refractivity contribution >= 4 is 0 Å². The lowest BCUT2D eigenvalue weighted by atomic mass is 10.1. The third-order valence-corrected chi connectivity index (χ3v) is 2.93. The van der Waals surface area contributed by atoms with E-state index in [4.69, 9.17) is 9.47 Å². The molecule has 0 aliphatic carbocycles. The summed E-state index contributed by atoms with van der Waals surface area (Å²) in [6, 6.07) is 19.7. The second kappa shape index (κ2) is 6.83. The van der Waals surface area contributed by atoms with Crippen LogP contribution >= 0.6 is 0 Å². The molecule has 0 saturated heterocycles. The lowest BCUT2D eigenvalue weighted by Crippen LogP contribution is -2.30. The van der Waals surface area contributed by atoms with Gasteiger partial charge in [-0.05, 0) is 30.2 Å². The standard InChI is InChI=1S/C17H20O2/c1-14(2)17(19-16-11-7-4-8-12-16)13-18-15-9-5-3-6-10-15/h3-12,14,17H,13H2,1-2H3/t17-/m1/s1. The lowest BCUT2D eigenvalue weighted by molar-refractivity contribution is 0.0912. The summed E-state index contributed by atoms with van der Waals surface area (Å²) >= 11 is 0. The quantitative estimate of drug-likeness (QED) is 0.772. The summed E-state index contributed by atoms with van der Waals surface area (Å²) in [5.41, 5.74) is 0. The van der Waals surface area contributed by atoms with Crippen LogP contribution in [0, 0.1) is 5.92 Å². The van der Waals surface area contributed by atoms with Crippen molar-refractivity contribution in [3.63, 3.8) is 0 Å². The monoisotopic (exact) mass is 256 g/mol. The first-order chi connectivity index (χ1) is 9.25. The first kappa shape index (κ1) is 13.5. The van der Waals surface area contributed by atoms with Crippen LogP contribution in [0.5, 0.6) is 11.5 Å². The predicted octanol–water partition coefficient (Wildman–Crippen LogP) is 4.17. The Kier molecular flexibility index (Phi) is 4.85. The second-order valence-electron chi connectivity index (χ2n) is 4.84. The molecule has 0 heterocycles. The molecule has 0 aliphatic heterocycles. The van der Waals surface area contributed by atoms with Gasteiger partial charge < -0.3 is 9.47 Å². The zero-order valence-corrected chi connectivity index (χ0v) is 11.5. The summed E-state index contributed by atoms with van der Waals surface area (Å²) in [6.45, 7) is 4.83. The van der Waals surface area contributed by atoms with Crippen LogP contribution < -0.4 is 9.47 Å². The molecule has 0 amide bonds. The van der Waals surface area contributed by atoms with E-state index in [0.717, 1.165) is 11.5 Å². The van der Waals surface area contributed by atoms with Crippen molar-refractivity contribution in [2.45, 2.75) is 20.0 Å². The summed E-state index contributed by atoms with van der Waals surface area (Å²) in [6.07, 6.45) is 0.0441. The normalized spacial score (nSPS) is 12.2. The molecule has 2 heteroatoms. The number of ether oxygens (including phenoxy) is 2. The Morgan fingerprint density at radius 2 is 1.32 bits per heavy atom. The summed E-state index contributed by atoms with van der Waals surface area (Å²) in [5.74, 6) is 2.16. The van der Waals surface area contributed by atoms with E-state index >= 15 is 0 Å². The van der Waals surface area contributed by atoms with Crippen LogP contribution in [0.2, 0.25) is 0 Å². The Bertz CT molecular complexity index is 465. The van der Waals surface area contributed by atoms with Crippen LogP contribution in [0.25, 0.3) is 0 Å². The van der Waals surface area contributed by atoms with Crippen molar-refractivity contribution in [3.05, 3.63) is 60.7 Å². The molecule has 0 spiro atoms. The summed E-state index contributed by atoms with van der Waals surface area (Å²) in [7, 11) is 0. The van der Waals surface area contributed by atoms with Gasteiger partial charge in [-0.2, -0.15) is 0 Å². The van der Waals surface area contributed by atoms with Crippen LogP contribution in [0.1, 0.15) is 13.8 Å². The van der Waals surface area contributed by atoms with Gasteiger partial charge in [0.05, 0.1) is 0 Å². The average molecular weight is 256 g/mol. The van der Waals surface area contributed by atoms with E-state index in [1.54, 1.807) is 0 Å². The molecular weight excluding hydrogens is 236 g/mol. The molecular formula is C17H20O2. The molecule has 100 valence electrons. The minimum Gasteiger partial charge on any atom is -0.490 e. The van der Waals surface area contributed by atoms with E-state index < -0.39 is 0 Å². The molecule has 2 rings (SSSR count). The summed E-state index contributed by atoms with van der Waals surface area (Å²) < 4.78 is 11.7. The average Bonchev–Trinajstić information content (AvgIpc) is 2.45. The van der Waals surface area contributed by atoms with Gasteiger partial charge in [-0.25, -0.2) is 0 Å². The molecule has 0 saturated carbocycles. The van der Waals surface area contributed by atoms with Gasteiger partial charge in [0.2, 0.25) is 0 Å². The smallest absolute Gasteiger partial charge is 0.135 e. The topological polar surface area (TPSA) is 18.5 Å². The Morgan fingerprint density at radius 3 is 1.84 bits per heavy atom. The molecule has 2 aromatic carbocycles. The van der Waals surface area contributed by atoms with Crippen molar-refractivity contribution in [2.24, 2.45) is 5.92 Å². The van der Waals surface area contributed by atoms with E-state index in [1.807, 2.05) is 60.7 Å². The van der Waals surface area contributed by atoms with Crippen LogP contribution in [-0.2, 0) is 0 Å². The zero-order chi connectivity index (χ0) is 13.5. The van der Waals surface area contributed by atoms with Crippen molar-refractivity contribution in [3.8, 4) is 11.5 Å². The van der Waals surface area contributed by atoms with E-state index in [-0.39, 0.29) is 6.10 Å². The highest BCUT2D eigenvalue weighted by Crippen LogP contribution is 2.17. The largest absolute Gasteiger partial charge is 0.490 e. The minimum absolute atomic E-state index is 0.0441. The van der Waals surface area contributed by atoms with Gasteiger partial charge in [0.25, 0.3) is 0 Å². The van der Waals surface area contributed by atoms with Gasteiger partial charge >= 0.3 is 0 Å². The van der Waals surface area contributed by atoms with E-state index in [0.29, 0.717) is 12.5 Å². The molecule has 0 aromatic heterocycles. The van der Waals surface area contributed by atoms with Crippen LogP contribution in [0.3, 0.4) is 0 Å². The number of rotatable bonds is 6. The second-order valence-corrected chi connectivity index (χ2v) is 4.84. The Hall–Kier alpha value is -1.96. The molecule has 0 aliphatic rings. The highest BCUT2D eigenvalue weighted by atomic mass is 16.5. The highest BCUT2D eigenvalue weighted by molar-refractivity contribution is 5.22. The Balaban J connectivity index is 1.93. The predicted molar refractivity (Wildman–Crippen MR) is 77.6 cm³/mol. The van der Waals surface area contributed by atoms with E-state index in [2.05, 4.69) is 13.8 Å². The fraction of sp³-hybridized carbons (Fsp3) is 0.294. The van der Waals surface area contributed by atoms with E-state index in [1.165, 1.54) is 0 Å². The molecule has 19 heavy (non-hydrogen) atoms. The third kappa shape index (κ3) is 4.32.